The number of hydrogen-bond donors (Lipinski definition) is 0. The monoisotopic (exact) mass is 240 g/mol. The van der Waals surface area contributed by atoms with Gasteiger partial charge in [-0.2, -0.15) is 0 Å². The SMILES string of the molecule is Bc1ccc(C(=O)OC)c(CBr)c1. The number of alkyl halides is 1. The summed E-state index contributed by atoms with van der Waals surface area (Å²) < 4.78 is 4.66. The molecule has 0 heterocycles. The summed E-state index contributed by atoms with van der Waals surface area (Å²) in [6.07, 6.45) is 0. The summed E-state index contributed by atoms with van der Waals surface area (Å²) in [5, 5.41) is 0.666. The van der Waals surface area contributed by atoms with Gasteiger partial charge in [-0.05, 0) is 11.6 Å². The van der Waals surface area contributed by atoms with E-state index in [9.17, 15) is 4.79 Å². The fourth-order valence-electron chi connectivity index (χ4n) is 1.14. The molecule has 4 heteroatoms. The molecule has 0 radical (unpaired) electrons. The van der Waals surface area contributed by atoms with Crippen molar-refractivity contribution in [2.24, 2.45) is 0 Å². The van der Waals surface area contributed by atoms with Crippen molar-refractivity contribution in [2.45, 2.75) is 5.33 Å². The lowest BCUT2D eigenvalue weighted by Gasteiger charge is -2.05. The maximum absolute atomic E-state index is 11.3. The van der Waals surface area contributed by atoms with Gasteiger partial charge in [0, 0.05) is 5.33 Å². The highest BCUT2D eigenvalue weighted by Crippen LogP contribution is 2.11. The average Bonchev–Trinajstić information content (AvgIpc) is 2.16. The van der Waals surface area contributed by atoms with Crippen LogP contribution in [0.15, 0.2) is 18.2 Å². The standard InChI is InChI=1S/C9H10BBrO2/c1-13-9(12)8-3-2-7(10)4-6(8)5-11/h2-4H,5,10H2,1H3. The van der Waals surface area contributed by atoms with Crippen molar-refractivity contribution in [3.05, 3.63) is 29.3 Å². The van der Waals surface area contributed by atoms with E-state index in [0.717, 1.165) is 11.0 Å². The van der Waals surface area contributed by atoms with Crippen LogP contribution < -0.4 is 5.46 Å². The predicted molar refractivity (Wildman–Crippen MR) is 58.6 cm³/mol. The molecular weight excluding hydrogens is 231 g/mol. The Bertz CT molecular complexity index is 325. The Morgan fingerprint density at radius 1 is 1.62 bits per heavy atom. The topological polar surface area (TPSA) is 26.3 Å². The largest absolute Gasteiger partial charge is 0.465 e. The number of carbonyl (C=O) groups excluding carboxylic acids is 1. The summed E-state index contributed by atoms with van der Waals surface area (Å²) in [4.78, 5) is 11.3. The fraction of sp³-hybridized carbons (Fsp3) is 0.222. The molecule has 0 aliphatic heterocycles. The molecule has 1 aromatic rings. The summed E-state index contributed by atoms with van der Waals surface area (Å²) in [6, 6.07) is 5.66. The maximum atomic E-state index is 11.3. The first kappa shape index (κ1) is 10.3. The minimum absolute atomic E-state index is 0.283. The van der Waals surface area contributed by atoms with Gasteiger partial charge >= 0.3 is 5.97 Å². The minimum atomic E-state index is -0.283. The molecule has 0 saturated heterocycles. The van der Waals surface area contributed by atoms with E-state index < -0.39 is 0 Å². The van der Waals surface area contributed by atoms with Crippen LogP contribution >= 0.6 is 15.9 Å². The van der Waals surface area contributed by atoms with E-state index in [4.69, 9.17) is 0 Å². The van der Waals surface area contributed by atoms with Gasteiger partial charge in [-0.15, -0.1) is 0 Å². The number of carbonyl (C=O) groups is 1. The Morgan fingerprint density at radius 3 is 2.85 bits per heavy atom. The molecule has 0 unspecified atom stereocenters. The van der Waals surface area contributed by atoms with Crippen molar-refractivity contribution in [1.82, 2.24) is 0 Å². The van der Waals surface area contributed by atoms with E-state index in [1.807, 2.05) is 20.0 Å². The van der Waals surface area contributed by atoms with E-state index >= 15 is 0 Å². The maximum Gasteiger partial charge on any atom is 0.338 e. The lowest BCUT2D eigenvalue weighted by Crippen LogP contribution is -2.10. The third-order valence-corrected chi connectivity index (χ3v) is 2.41. The molecule has 0 aliphatic rings. The highest BCUT2D eigenvalue weighted by atomic mass is 79.9. The van der Waals surface area contributed by atoms with Crippen molar-refractivity contribution in [3.8, 4) is 0 Å². The number of methoxy groups -OCH3 is 1. The van der Waals surface area contributed by atoms with Crippen molar-refractivity contribution >= 4 is 35.2 Å². The van der Waals surface area contributed by atoms with Crippen LogP contribution in [0.2, 0.25) is 0 Å². The van der Waals surface area contributed by atoms with Gasteiger partial charge in [0.15, 0.2) is 0 Å². The van der Waals surface area contributed by atoms with Gasteiger partial charge in [0.25, 0.3) is 0 Å². The molecule has 0 aliphatic carbocycles. The van der Waals surface area contributed by atoms with E-state index in [0.29, 0.717) is 10.9 Å². The van der Waals surface area contributed by atoms with Gasteiger partial charge in [-0.25, -0.2) is 4.79 Å². The Morgan fingerprint density at radius 2 is 2.31 bits per heavy atom. The summed E-state index contributed by atoms with van der Waals surface area (Å²) >= 11 is 3.33. The minimum Gasteiger partial charge on any atom is -0.465 e. The van der Waals surface area contributed by atoms with Crippen LogP contribution in [0.1, 0.15) is 15.9 Å². The molecule has 2 nitrogen and oxygen atoms in total. The quantitative estimate of drug-likeness (QED) is 0.431. The Balaban J connectivity index is 3.13. The van der Waals surface area contributed by atoms with Gasteiger partial charge in [-0.3, -0.25) is 0 Å². The van der Waals surface area contributed by atoms with Gasteiger partial charge < -0.3 is 4.74 Å². The zero-order valence-electron chi connectivity index (χ0n) is 7.63. The lowest BCUT2D eigenvalue weighted by atomic mass is 9.92. The number of benzene rings is 1. The van der Waals surface area contributed by atoms with Gasteiger partial charge in [0.1, 0.15) is 7.85 Å². The van der Waals surface area contributed by atoms with Crippen LogP contribution in [-0.2, 0) is 10.1 Å². The molecule has 0 saturated carbocycles. The summed E-state index contributed by atoms with van der Waals surface area (Å²) in [6.45, 7) is 0. The summed E-state index contributed by atoms with van der Waals surface area (Å²) in [5.74, 6) is -0.283. The van der Waals surface area contributed by atoms with E-state index in [1.54, 1.807) is 6.07 Å². The average molecular weight is 241 g/mol. The lowest BCUT2D eigenvalue weighted by molar-refractivity contribution is 0.0600. The van der Waals surface area contributed by atoms with Gasteiger partial charge in [0.2, 0.25) is 0 Å². The number of ether oxygens (including phenoxy) is 1. The zero-order chi connectivity index (χ0) is 9.84. The summed E-state index contributed by atoms with van der Waals surface area (Å²) in [7, 11) is 3.38. The van der Waals surface area contributed by atoms with Crippen LogP contribution in [-0.4, -0.2) is 20.9 Å². The molecule has 68 valence electrons. The molecule has 0 fully saturated rings. The first-order valence-corrected chi connectivity index (χ1v) is 5.05. The van der Waals surface area contributed by atoms with E-state index in [1.165, 1.54) is 7.11 Å². The first-order chi connectivity index (χ1) is 6.19. The molecule has 0 bridgehead atoms. The van der Waals surface area contributed by atoms with Gasteiger partial charge in [0.05, 0.1) is 12.7 Å². The smallest absolute Gasteiger partial charge is 0.338 e. The molecule has 0 amide bonds. The number of halogens is 1. The Hall–Kier alpha value is -0.765. The molecule has 0 N–H and O–H groups in total. The van der Waals surface area contributed by atoms with E-state index in [2.05, 4.69) is 20.7 Å². The summed E-state index contributed by atoms with van der Waals surface area (Å²) in [5.41, 5.74) is 2.74. The Kier molecular flexibility index (Phi) is 3.54. The zero-order valence-corrected chi connectivity index (χ0v) is 9.22. The number of esters is 1. The van der Waals surface area contributed by atoms with Crippen molar-refractivity contribution in [1.29, 1.82) is 0 Å². The van der Waals surface area contributed by atoms with Crippen LogP contribution in [0.3, 0.4) is 0 Å². The highest BCUT2D eigenvalue weighted by Gasteiger charge is 2.09. The van der Waals surface area contributed by atoms with Gasteiger partial charge in [-0.1, -0.05) is 33.5 Å². The molecule has 1 aromatic carbocycles. The van der Waals surface area contributed by atoms with Crippen LogP contribution in [0.4, 0.5) is 0 Å². The van der Waals surface area contributed by atoms with Crippen LogP contribution in [0, 0.1) is 0 Å². The van der Waals surface area contributed by atoms with Crippen LogP contribution in [0.5, 0.6) is 0 Å². The molecule has 0 aromatic heterocycles. The van der Waals surface area contributed by atoms with Crippen molar-refractivity contribution in [2.75, 3.05) is 7.11 Å². The second kappa shape index (κ2) is 4.47. The van der Waals surface area contributed by atoms with Crippen molar-refractivity contribution < 1.29 is 9.53 Å². The highest BCUT2D eigenvalue weighted by molar-refractivity contribution is 9.08. The molecule has 0 atom stereocenters. The Labute approximate surface area is 86.8 Å². The first-order valence-electron chi connectivity index (χ1n) is 3.93. The number of hydrogen-bond acceptors (Lipinski definition) is 2. The molecule has 1 rings (SSSR count). The van der Waals surface area contributed by atoms with Crippen LogP contribution in [0.25, 0.3) is 0 Å². The molecule has 13 heavy (non-hydrogen) atoms. The predicted octanol–water partition coefficient (Wildman–Crippen LogP) is 0.627. The third-order valence-electron chi connectivity index (χ3n) is 1.81. The normalized spacial score (nSPS) is 9.69. The number of rotatable bonds is 2. The van der Waals surface area contributed by atoms with Crippen molar-refractivity contribution in [3.63, 3.8) is 0 Å². The van der Waals surface area contributed by atoms with E-state index in [-0.39, 0.29) is 5.97 Å². The molecular formula is C9H10BBrO2. The fourth-order valence-corrected chi connectivity index (χ4v) is 1.61. The second-order valence-electron chi connectivity index (χ2n) is 2.79. The molecule has 0 spiro atoms. The third kappa shape index (κ3) is 2.34. The second-order valence-corrected chi connectivity index (χ2v) is 3.35.